The minimum absolute atomic E-state index is 0.145. The van der Waals surface area contributed by atoms with Crippen molar-refractivity contribution in [2.75, 3.05) is 0 Å². The highest BCUT2D eigenvalue weighted by Gasteiger charge is 2.15. The lowest BCUT2D eigenvalue weighted by Gasteiger charge is -2.05. The van der Waals surface area contributed by atoms with Gasteiger partial charge >= 0.3 is 0 Å². The number of hydrogen-bond donors (Lipinski definition) is 1. The molecule has 2 aromatic carbocycles. The molecule has 0 aliphatic carbocycles. The topological polar surface area (TPSA) is 15.8 Å². The number of benzene rings is 2. The highest BCUT2D eigenvalue weighted by molar-refractivity contribution is 7.99. The first-order valence-corrected chi connectivity index (χ1v) is 8.63. The summed E-state index contributed by atoms with van der Waals surface area (Å²) < 4.78 is 14.3. The van der Waals surface area contributed by atoms with Crippen molar-refractivity contribution in [3.8, 4) is 0 Å². The maximum atomic E-state index is 14.3. The van der Waals surface area contributed by atoms with E-state index in [1.807, 2.05) is 24.3 Å². The van der Waals surface area contributed by atoms with Gasteiger partial charge in [0, 0.05) is 26.4 Å². The zero-order chi connectivity index (χ0) is 15.4. The molecule has 0 unspecified atom stereocenters. The fraction of sp³-hybridized carbons (Fsp3) is 0.263. The number of fused-ring (bicyclic) bond motifs is 1. The molecule has 0 bridgehead atoms. The Balaban J connectivity index is 2.01. The van der Waals surface area contributed by atoms with Crippen LogP contribution in [0.15, 0.2) is 58.3 Å². The number of aromatic nitrogens is 1. The molecule has 3 aromatic rings. The van der Waals surface area contributed by atoms with E-state index in [0.717, 1.165) is 39.2 Å². The first-order valence-electron chi connectivity index (χ1n) is 7.81. The van der Waals surface area contributed by atoms with Crippen molar-refractivity contribution in [1.82, 2.24) is 4.98 Å². The average molecular weight is 313 g/mol. The summed E-state index contributed by atoms with van der Waals surface area (Å²) in [4.78, 5) is 5.60. The second-order valence-electron chi connectivity index (χ2n) is 5.47. The number of nitrogens with one attached hydrogen (secondary N) is 1. The molecule has 0 spiro atoms. The third-order valence-electron chi connectivity index (χ3n) is 3.79. The van der Waals surface area contributed by atoms with Crippen LogP contribution in [-0.4, -0.2) is 4.98 Å². The lowest BCUT2D eigenvalue weighted by Crippen LogP contribution is -1.88. The highest BCUT2D eigenvalue weighted by atomic mass is 32.2. The molecule has 0 amide bonds. The summed E-state index contributed by atoms with van der Waals surface area (Å²) in [7, 11) is 0. The largest absolute Gasteiger partial charge is 0.357 e. The molecule has 3 heteroatoms. The maximum Gasteiger partial charge on any atom is 0.133 e. The van der Waals surface area contributed by atoms with Crippen molar-refractivity contribution >= 4 is 22.7 Å². The molecular weight excluding hydrogens is 293 g/mol. The van der Waals surface area contributed by atoms with Crippen LogP contribution in [0.5, 0.6) is 0 Å². The molecule has 0 fully saturated rings. The van der Waals surface area contributed by atoms with Gasteiger partial charge in [0.1, 0.15) is 5.82 Å². The van der Waals surface area contributed by atoms with Crippen LogP contribution in [0.25, 0.3) is 10.9 Å². The molecule has 0 atom stereocenters. The zero-order valence-electron chi connectivity index (χ0n) is 12.7. The summed E-state index contributed by atoms with van der Waals surface area (Å²) in [5.74, 6) is -0.145. The monoisotopic (exact) mass is 313 g/mol. The smallest absolute Gasteiger partial charge is 0.133 e. The SMILES string of the molecule is CCCCCc1[nH]c2cccc(F)c2c1Sc1ccccc1. The zero-order valence-corrected chi connectivity index (χ0v) is 13.5. The van der Waals surface area contributed by atoms with Gasteiger partial charge in [0.05, 0.1) is 0 Å². The number of aryl methyl sites for hydroxylation is 1. The van der Waals surface area contributed by atoms with Crippen LogP contribution in [0.2, 0.25) is 0 Å². The second-order valence-corrected chi connectivity index (χ2v) is 6.55. The Bertz CT molecular complexity index is 749. The lowest BCUT2D eigenvalue weighted by atomic mass is 10.1. The summed E-state index contributed by atoms with van der Waals surface area (Å²) in [5, 5.41) is 0.725. The molecule has 1 N–H and O–H groups in total. The van der Waals surface area contributed by atoms with Crippen molar-refractivity contribution in [3.63, 3.8) is 0 Å². The molecule has 0 saturated heterocycles. The fourth-order valence-corrected chi connectivity index (χ4v) is 3.79. The third kappa shape index (κ3) is 3.20. The summed E-state index contributed by atoms with van der Waals surface area (Å²) in [6, 6.07) is 15.4. The first-order chi connectivity index (χ1) is 10.8. The van der Waals surface area contributed by atoms with Crippen LogP contribution in [0.3, 0.4) is 0 Å². The van der Waals surface area contributed by atoms with E-state index in [0.29, 0.717) is 0 Å². The highest BCUT2D eigenvalue weighted by Crippen LogP contribution is 2.38. The van der Waals surface area contributed by atoms with Crippen LogP contribution in [-0.2, 0) is 6.42 Å². The molecule has 114 valence electrons. The lowest BCUT2D eigenvalue weighted by molar-refractivity contribution is 0.638. The Kier molecular flexibility index (Phi) is 4.84. The molecular formula is C19H20FNS. The van der Waals surface area contributed by atoms with Gasteiger partial charge in [-0.15, -0.1) is 0 Å². The Labute approximate surface area is 134 Å². The van der Waals surface area contributed by atoms with Gasteiger partial charge in [-0.05, 0) is 37.1 Å². The van der Waals surface area contributed by atoms with Crippen LogP contribution in [0, 0.1) is 5.82 Å². The summed E-state index contributed by atoms with van der Waals surface area (Å²) in [5.41, 5.74) is 2.05. The number of rotatable bonds is 6. The van der Waals surface area contributed by atoms with Crippen molar-refractivity contribution < 1.29 is 4.39 Å². The van der Waals surface area contributed by atoms with E-state index in [2.05, 4.69) is 24.0 Å². The predicted octanol–water partition coefficient (Wildman–Crippen LogP) is 6.19. The average Bonchev–Trinajstić information content (AvgIpc) is 2.88. The number of H-pyrrole nitrogens is 1. The minimum atomic E-state index is -0.145. The normalized spacial score (nSPS) is 11.2. The van der Waals surface area contributed by atoms with Crippen LogP contribution >= 0.6 is 11.8 Å². The third-order valence-corrected chi connectivity index (χ3v) is 4.96. The Morgan fingerprint density at radius 2 is 1.82 bits per heavy atom. The van der Waals surface area contributed by atoms with Gasteiger partial charge in [-0.25, -0.2) is 4.39 Å². The van der Waals surface area contributed by atoms with Gasteiger partial charge in [0.15, 0.2) is 0 Å². The molecule has 22 heavy (non-hydrogen) atoms. The van der Waals surface area contributed by atoms with Gasteiger partial charge in [-0.3, -0.25) is 0 Å². The van der Waals surface area contributed by atoms with Gasteiger partial charge in [0.25, 0.3) is 0 Å². The number of hydrogen-bond acceptors (Lipinski definition) is 1. The summed E-state index contributed by atoms with van der Waals surface area (Å²) in [6.07, 6.45) is 4.49. The van der Waals surface area contributed by atoms with Gasteiger partial charge < -0.3 is 4.98 Å². The minimum Gasteiger partial charge on any atom is -0.357 e. The standard InChI is InChI=1S/C19H20FNS/c1-2-3-5-12-17-19(22-14-9-6-4-7-10-14)18-15(20)11-8-13-16(18)21-17/h4,6-11,13,21H,2-3,5,12H2,1H3. The quantitative estimate of drug-likeness (QED) is 0.536. The van der Waals surface area contributed by atoms with Gasteiger partial charge in [0.2, 0.25) is 0 Å². The molecule has 0 radical (unpaired) electrons. The molecule has 0 saturated carbocycles. The molecule has 0 aliphatic heterocycles. The summed E-state index contributed by atoms with van der Waals surface area (Å²) >= 11 is 1.65. The van der Waals surface area contributed by atoms with Crippen molar-refractivity contribution in [1.29, 1.82) is 0 Å². The Hall–Kier alpha value is -1.74. The van der Waals surface area contributed by atoms with Gasteiger partial charge in [-0.2, -0.15) is 0 Å². The van der Waals surface area contributed by atoms with Gasteiger partial charge in [-0.1, -0.05) is 55.8 Å². The number of unbranched alkanes of at least 4 members (excludes halogenated alkanes) is 2. The van der Waals surface area contributed by atoms with E-state index in [-0.39, 0.29) is 5.82 Å². The van der Waals surface area contributed by atoms with E-state index < -0.39 is 0 Å². The van der Waals surface area contributed by atoms with E-state index in [1.165, 1.54) is 12.8 Å². The molecule has 1 aromatic heterocycles. The van der Waals surface area contributed by atoms with Crippen molar-refractivity contribution in [2.45, 2.75) is 42.4 Å². The van der Waals surface area contributed by atoms with Crippen LogP contribution < -0.4 is 0 Å². The molecule has 0 aliphatic rings. The molecule has 1 heterocycles. The van der Waals surface area contributed by atoms with E-state index in [1.54, 1.807) is 23.9 Å². The Morgan fingerprint density at radius 3 is 2.59 bits per heavy atom. The number of aromatic amines is 1. The van der Waals surface area contributed by atoms with Crippen molar-refractivity contribution in [2.24, 2.45) is 0 Å². The van der Waals surface area contributed by atoms with E-state index in [9.17, 15) is 4.39 Å². The molecule has 3 rings (SSSR count). The molecule has 1 nitrogen and oxygen atoms in total. The Morgan fingerprint density at radius 1 is 1.00 bits per heavy atom. The fourth-order valence-electron chi connectivity index (χ4n) is 2.68. The van der Waals surface area contributed by atoms with Crippen molar-refractivity contribution in [3.05, 3.63) is 60.0 Å². The maximum absolute atomic E-state index is 14.3. The number of halogens is 1. The van der Waals surface area contributed by atoms with Crippen LogP contribution in [0.1, 0.15) is 31.9 Å². The first kappa shape index (κ1) is 15.2. The van der Waals surface area contributed by atoms with Crippen LogP contribution in [0.4, 0.5) is 4.39 Å². The summed E-state index contributed by atoms with van der Waals surface area (Å²) in [6.45, 7) is 2.20. The van der Waals surface area contributed by atoms with E-state index >= 15 is 0 Å². The predicted molar refractivity (Wildman–Crippen MR) is 92.1 cm³/mol. The van der Waals surface area contributed by atoms with E-state index in [4.69, 9.17) is 0 Å². The second kappa shape index (κ2) is 7.01.